The zero-order valence-electron chi connectivity index (χ0n) is 16.2. The molecular weight excluding hydrogens is 380 g/mol. The highest BCUT2D eigenvalue weighted by Gasteiger charge is 2.40. The molecule has 2 aromatic rings. The molecule has 2 heterocycles. The van der Waals surface area contributed by atoms with E-state index < -0.39 is 6.04 Å². The van der Waals surface area contributed by atoms with Gasteiger partial charge in [-0.05, 0) is 69.1 Å². The smallest absolute Gasteiger partial charge is 0.276 e. The van der Waals surface area contributed by atoms with Gasteiger partial charge in [0.15, 0.2) is 5.69 Å². The van der Waals surface area contributed by atoms with Crippen molar-refractivity contribution in [3.63, 3.8) is 0 Å². The van der Waals surface area contributed by atoms with Crippen LogP contribution in [0.5, 0.6) is 0 Å². The number of aryl methyl sites for hydroxylation is 1. The van der Waals surface area contributed by atoms with Gasteiger partial charge < -0.3 is 10.2 Å². The first kappa shape index (κ1) is 19.9. The predicted octanol–water partition coefficient (Wildman–Crippen LogP) is 3.95. The Morgan fingerprint density at radius 3 is 2.52 bits per heavy atom. The van der Waals surface area contributed by atoms with Gasteiger partial charge in [-0.2, -0.15) is 0 Å². The molecule has 6 nitrogen and oxygen atoms in total. The molecule has 0 aliphatic heterocycles. The Labute approximate surface area is 168 Å². The molecule has 8 heteroatoms. The van der Waals surface area contributed by atoms with E-state index in [1.807, 2.05) is 39.1 Å². The molecule has 1 N–H and O–H groups in total. The maximum Gasteiger partial charge on any atom is 0.276 e. The second kappa shape index (κ2) is 8.06. The van der Waals surface area contributed by atoms with Crippen molar-refractivity contribution < 1.29 is 9.59 Å². The molecule has 1 aliphatic carbocycles. The third kappa shape index (κ3) is 4.55. The molecule has 0 aromatic carbocycles. The van der Waals surface area contributed by atoms with Crippen molar-refractivity contribution in [2.45, 2.75) is 71.0 Å². The van der Waals surface area contributed by atoms with Gasteiger partial charge in [-0.15, -0.1) is 16.4 Å². The van der Waals surface area contributed by atoms with Gasteiger partial charge in [0.05, 0.1) is 0 Å². The average molecular weight is 407 g/mol. The van der Waals surface area contributed by atoms with E-state index in [4.69, 9.17) is 0 Å². The van der Waals surface area contributed by atoms with Gasteiger partial charge in [-0.3, -0.25) is 9.59 Å². The van der Waals surface area contributed by atoms with Crippen LogP contribution in [0.3, 0.4) is 0 Å². The summed E-state index contributed by atoms with van der Waals surface area (Å²) in [6.45, 7) is 7.85. The van der Waals surface area contributed by atoms with Crippen LogP contribution in [0, 0.1) is 6.92 Å². The zero-order chi connectivity index (χ0) is 19.6. The van der Waals surface area contributed by atoms with E-state index >= 15 is 0 Å². The number of carbonyl (C=O) groups is 2. The maximum absolute atomic E-state index is 13.4. The van der Waals surface area contributed by atoms with Crippen LogP contribution in [-0.4, -0.2) is 37.9 Å². The van der Waals surface area contributed by atoms with Crippen LogP contribution in [-0.2, 0) is 4.79 Å². The molecule has 1 saturated carbocycles. The lowest BCUT2D eigenvalue weighted by molar-refractivity contribution is -0.128. The summed E-state index contributed by atoms with van der Waals surface area (Å²) in [7, 11) is 0. The molecule has 2 aromatic heterocycles. The Balaban J connectivity index is 2.05. The summed E-state index contributed by atoms with van der Waals surface area (Å²) in [6.07, 6.45) is 3.96. The number of hydrogen-bond acceptors (Lipinski definition) is 6. The van der Waals surface area contributed by atoms with Crippen molar-refractivity contribution in [2.75, 3.05) is 0 Å². The van der Waals surface area contributed by atoms with Crippen LogP contribution in [0.1, 0.15) is 73.4 Å². The van der Waals surface area contributed by atoms with Gasteiger partial charge in [-0.1, -0.05) is 17.3 Å². The monoisotopic (exact) mass is 406 g/mol. The lowest BCUT2D eigenvalue weighted by atomic mass is 10.0. The minimum Gasteiger partial charge on any atom is -0.349 e. The second-order valence-corrected chi connectivity index (χ2v) is 9.61. The van der Waals surface area contributed by atoms with Gasteiger partial charge >= 0.3 is 0 Å². The highest BCUT2D eigenvalue weighted by atomic mass is 32.1. The molecule has 2 amide bonds. The maximum atomic E-state index is 13.4. The quantitative estimate of drug-likeness (QED) is 0.816. The number of hydrogen-bond donors (Lipinski definition) is 1. The lowest BCUT2D eigenvalue weighted by Crippen LogP contribution is -2.51. The molecule has 0 bridgehead atoms. The first-order valence-electron chi connectivity index (χ1n) is 9.23. The van der Waals surface area contributed by atoms with Crippen molar-refractivity contribution in [3.8, 4) is 0 Å². The topological polar surface area (TPSA) is 75.2 Å². The Hall–Kier alpha value is -1.80. The predicted molar refractivity (Wildman–Crippen MR) is 108 cm³/mol. The minimum atomic E-state index is -0.651. The van der Waals surface area contributed by atoms with E-state index in [-0.39, 0.29) is 23.4 Å². The number of amides is 2. The number of thiophene rings is 1. The van der Waals surface area contributed by atoms with E-state index in [0.717, 1.165) is 47.7 Å². The van der Waals surface area contributed by atoms with Crippen molar-refractivity contribution in [3.05, 3.63) is 33.0 Å². The van der Waals surface area contributed by atoms with Gasteiger partial charge in [0.2, 0.25) is 5.91 Å². The molecule has 27 heavy (non-hydrogen) atoms. The molecule has 0 saturated heterocycles. The molecule has 1 fully saturated rings. The van der Waals surface area contributed by atoms with Crippen molar-refractivity contribution >= 4 is 34.7 Å². The van der Waals surface area contributed by atoms with E-state index in [0.29, 0.717) is 5.69 Å². The lowest BCUT2D eigenvalue weighted by Gasteiger charge is -2.36. The van der Waals surface area contributed by atoms with E-state index in [2.05, 4.69) is 14.9 Å². The largest absolute Gasteiger partial charge is 0.349 e. The fourth-order valence-electron chi connectivity index (χ4n) is 3.54. The van der Waals surface area contributed by atoms with Crippen LogP contribution in [0.25, 0.3) is 0 Å². The van der Waals surface area contributed by atoms with Crippen molar-refractivity contribution in [2.24, 2.45) is 0 Å². The molecule has 146 valence electrons. The van der Waals surface area contributed by atoms with Crippen LogP contribution in [0.2, 0.25) is 0 Å². The third-order valence-electron chi connectivity index (χ3n) is 4.71. The third-order valence-corrected chi connectivity index (χ3v) is 6.28. The summed E-state index contributed by atoms with van der Waals surface area (Å²) in [5.74, 6) is -0.353. The standard InChI is InChI=1S/C19H26N4O2S2/c1-12-9-10-26-16(12)15(17(24)20-19(2,3)4)23(13-7-5-6-8-13)18(25)14-11-27-22-21-14/h9-11,13,15H,5-8H2,1-4H3,(H,20,24)/t15-/m1/s1. The number of carbonyl (C=O) groups excluding carboxylic acids is 2. The fourth-order valence-corrected chi connectivity index (χ4v) is 4.99. The van der Waals surface area contributed by atoms with Crippen LogP contribution in [0.15, 0.2) is 16.8 Å². The first-order chi connectivity index (χ1) is 12.8. The molecule has 3 rings (SSSR count). The van der Waals surface area contributed by atoms with Crippen molar-refractivity contribution in [1.29, 1.82) is 0 Å². The second-order valence-electron chi connectivity index (χ2n) is 8.05. The Kier molecular flexibility index (Phi) is 5.95. The summed E-state index contributed by atoms with van der Waals surface area (Å²) in [5, 5.41) is 10.7. The molecule has 0 unspecified atom stereocenters. The summed E-state index contributed by atoms with van der Waals surface area (Å²) in [5.41, 5.74) is 0.962. The normalized spacial score (nSPS) is 16.3. The molecular formula is C19H26N4O2S2. The Morgan fingerprint density at radius 2 is 2.00 bits per heavy atom. The van der Waals surface area contributed by atoms with Crippen LogP contribution >= 0.6 is 22.9 Å². The highest BCUT2D eigenvalue weighted by Crippen LogP contribution is 2.36. The highest BCUT2D eigenvalue weighted by molar-refractivity contribution is 7.10. The summed E-state index contributed by atoms with van der Waals surface area (Å²) >= 11 is 2.68. The zero-order valence-corrected chi connectivity index (χ0v) is 17.8. The molecule has 1 aliphatic rings. The van der Waals surface area contributed by atoms with E-state index in [1.54, 1.807) is 10.3 Å². The number of rotatable bonds is 5. The number of nitrogens with zero attached hydrogens (tertiary/aromatic N) is 3. The van der Waals surface area contributed by atoms with Crippen LogP contribution in [0.4, 0.5) is 0 Å². The number of aromatic nitrogens is 2. The van der Waals surface area contributed by atoms with Gasteiger partial charge in [-0.25, -0.2) is 0 Å². The molecule has 1 atom stereocenters. The summed E-state index contributed by atoms with van der Waals surface area (Å²) in [4.78, 5) is 29.4. The van der Waals surface area contributed by atoms with E-state index in [1.165, 1.54) is 11.3 Å². The van der Waals surface area contributed by atoms with Gasteiger partial charge in [0.25, 0.3) is 5.91 Å². The molecule has 0 spiro atoms. The Morgan fingerprint density at radius 1 is 1.30 bits per heavy atom. The van der Waals surface area contributed by atoms with Gasteiger partial charge in [0, 0.05) is 21.8 Å². The summed E-state index contributed by atoms with van der Waals surface area (Å²) < 4.78 is 3.84. The fraction of sp³-hybridized carbons (Fsp3) is 0.579. The summed E-state index contributed by atoms with van der Waals surface area (Å²) in [6, 6.07) is 1.39. The average Bonchev–Trinajstić information content (AvgIpc) is 3.33. The Bertz CT molecular complexity index is 789. The molecule has 0 radical (unpaired) electrons. The van der Waals surface area contributed by atoms with Crippen molar-refractivity contribution in [1.82, 2.24) is 19.8 Å². The first-order valence-corrected chi connectivity index (χ1v) is 11.0. The van der Waals surface area contributed by atoms with Gasteiger partial charge in [0.1, 0.15) is 6.04 Å². The minimum absolute atomic E-state index is 0.0384. The SMILES string of the molecule is Cc1ccsc1[C@H](C(=O)NC(C)(C)C)N(C(=O)c1csnn1)C1CCCC1. The number of nitrogens with one attached hydrogen (secondary N) is 1. The van der Waals surface area contributed by atoms with Crippen LogP contribution < -0.4 is 5.32 Å². The van der Waals surface area contributed by atoms with E-state index in [9.17, 15) is 9.59 Å².